The van der Waals surface area contributed by atoms with E-state index in [9.17, 15) is 9.18 Å². The van der Waals surface area contributed by atoms with Crippen LogP contribution in [0.3, 0.4) is 0 Å². The SMILES string of the molecule is CCOC(=O)[C@@H]1CC[C@@H]1F. The molecule has 1 aliphatic carbocycles. The van der Waals surface area contributed by atoms with Crippen LogP contribution in [-0.2, 0) is 9.53 Å². The van der Waals surface area contributed by atoms with Crippen LogP contribution >= 0.6 is 0 Å². The maximum Gasteiger partial charge on any atom is 0.311 e. The molecule has 0 heterocycles. The van der Waals surface area contributed by atoms with Crippen LogP contribution in [0.25, 0.3) is 0 Å². The Hall–Kier alpha value is -0.600. The second-order valence-electron chi connectivity index (χ2n) is 2.45. The molecule has 0 aliphatic heterocycles. The number of hydrogen-bond donors (Lipinski definition) is 0. The minimum absolute atomic E-state index is 0.349. The average Bonchev–Trinajstić information content (AvgIpc) is 1.85. The van der Waals surface area contributed by atoms with Gasteiger partial charge in [-0.2, -0.15) is 0 Å². The van der Waals surface area contributed by atoms with Crippen molar-refractivity contribution in [1.29, 1.82) is 0 Å². The lowest BCUT2D eigenvalue weighted by atomic mass is 9.83. The summed E-state index contributed by atoms with van der Waals surface area (Å²) in [5.74, 6) is -0.832. The Bertz CT molecular complexity index is 136. The number of esters is 1. The Kier molecular flexibility index (Phi) is 2.25. The number of hydrogen-bond acceptors (Lipinski definition) is 2. The number of carbonyl (C=O) groups is 1. The quantitative estimate of drug-likeness (QED) is 0.549. The summed E-state index contributed by atoms with van der Waals surface area (Å²) in [5, 5.41) is 0. The summed E-state index contributed by atoms with van der Waals surface area (Å²) in [6.07, 6.45) is 0.225. The maximum atomic E-state index is 12.5. The predicted octanol–water partition coefficient (Wildman–Crippen LogP) is 1.30. The van der Waals surface area contributed by atoms with Crippen LogP contribution in [0, 0.1) is 5.92 Å². The van der Waals surface area contributed by atoms with Gasteiger partial charge in [0, 0.05) is 0 Å². The van der Waals surface area contributed by atoms with Gasteiger partial charge in [0.2, 0.25) is 0 Å². The Morgan fingerprint density at radius 2 is 2.40 bits per heavy atom. The van der Waals surface area contributed by atoms with Gasteiger partial charge in [0.15, 0.2) is 0 Å². The van der Waals surface area contributed by atoms with Gasteiger partial charge in [-0.05, 0) is 19.8 Å². The molecule has 0 aromatic heterocycles. The Balaban J connectivity index is 2.27. The summed E-state index contributed by atoms with van der Waals surface area (Å²) < 4.78 is 17.1. The fourth-order valence-corrected chi connectivity index (χ4v) is 0.974. The lowest BCUT2D eigenvalue weighted by molar-refractivity contribution is -0.154. The molecule has 0 N–H and O–H groups in total. The average molecular weight is 146 g/mol. The van der Waals surface area contributed by atoms with E-state index in [1.807, 2.05) is 0 Å². The van der Waals surface area contributed by atoms with Gasteiger partial charge in [-0.15, -0.1) is 0 Å². The summed E-state index contributed by atoms with van der Waals surface area (Å²) in [6, 6.07) is 0. The van der Waals surface area contributed by atoms with Crippen LogP contribution in [0.4, 0.5) is 4.39 Å². The molecule has 3 heteroatoms. The van der Waals surface area contributed by atoms with E-state index in [1.165, 1.54) is 0 Å². The van der Waals surface area contributed by atoms with Crippen molar-refractivity contribution < 1.29 is 13.9 Å². The number of halogens is 1. The molecule has 0 bridgehead atoms. The third-order valence-electron chi connectivity index (χ3n) is 1.78. The molecular formula is C7H11FO2. The Labute approximate surface area is 59.4 Å². The van der Waals surface area contributed by atoms with E-state index in [4.69, 9.17) is 0 Å². The minimum atomic E-state index is -0.945. The molecule has 0 saturated heterocycles. The molecule has 0 aromatic carbocycles. The van der Waals surface area contributed by atoms with Crippen molar-refractivity contribution in [3.63, 3.8) is 0 Å². The van der Waals surface area contributed by atoms with E-state index in [1.54, 1.807) is 6.92 Å². The standard InChI is InChI=1S/C7H11FO2/c1-2-10-7(9)5-3-4-6(5)8/h5-6H,2-4H2,1H3/t5-,6+/m1/s1. The third-order valence-corrected chi connectivity index (χ3v) is 1.78. The second kappa shape index (κ2) is 2.99. The molecule has 1 aliphatic rings. The van der Waals surface area contributed by atoms with Crippen LogP contribution in [0.1, 0.15) is 19.8 Å². The Morgan fingerprint density at radius 3 is 2.70 bits per heavy atom. The number of carbonyl (C=O) groups excluding carboxylic acids is 1. The van der Waals surface area contributed by atoms with Crippen molar-refractivity contribution in [2.24, 2.45) is 5.92 Å². The molecule has 1 rings (SSSR count). The molecule has 2 nitrogen and oxygen atoms in total. The highest BCUT2D eigenvalue weighted by Crippen LogP contribution is 2.31. The van der Waals surface area contributed by atoms with E-state index in [-0.39, 0.29) is 5.97 Å². The van der Waals surface area contributed by atoms with Crippen molar-refractivity contribution in [3.05, 3.63) is 0 Å². The van der Waals surface area contributed by atoms with E-state index >= 15 is 0 Å². The summed E-state index contributed by atoms with van der Waals surface area (Å²) in [6.45, 7) is 2.08. The van der Waals surface area contributed by atoms with Crippen LogP contribution in [0.5, 0.6) is 0 Å². The lowest BCUT2D eigenvalue weighted by Crippen LogP contribution is -2.35. The highest BCUT2D eigenvalue weighted by atomic mass is 19.1. The lowest BCUT2D eigenvalue weighted by Gasteiger charge is -2.27. The van der Waals surface area contributed by atoms with Crippen LogP contribution in [-0.4, -0.2) is 18.7 Å². The zero-order valence-corrected chi connectivity index (χ0v) is 5.97. The van der Waals surface area contributed by atoms with Gasteiger partial charge in [-0.25, -0.2) is 4.39 Å². The highest BCUT2D eigenvalue weighted by molar-refractivity contribution is 5.74. The van der Waals surface area contributed by atoms with Crippen molar-refractivity contribution in [2.75, 3.05) is 6.61 Å². The zero-order chi connectivity index (χ0) is 7.56. The van der Waals surface area contributed by atoms with Gasteiger partial charge in [-0.1, -0.05) is 0 Å². The van der Waals surface area contributed by atoms with Gasteiger partial charge in [-0.3, -0.25) is 4.79 Å². The van der Waals surface area contributed by atoms with Crippen LogP contribution in [0.2, 0.25) is 0 Å². The summed E-state index contributed by atoms with van der Waals surface area (Å²) >= 11 is 0. The van der Waals surface area contributed by atoms with Gasteiger partial charge < -0.3 is 4.74 Å². The van der Waals surface area contributed by atoms with Gasteiger partial charge >= 0.3 is 5.97 Å². The normalized spacial score (nSPS) is 31.0. The first-order chi connectivity index (χ1) is 4.75. The highest BCUT2D eigenvalue weighted by Gasteiger charge is 2.37. The van der Waals surface area contributed by atoms with Gasteiger partial charge in [0.25, 0.3) is 0 Å². The second-order valence-corrected chi connectivity index (χ2v) is 2.45. The fourth-order valence-electron chi connectivity index (χ4n) is 0.974. The largest absolute Gasteiger partial charge is 0.466 e. The molecule has 0 unspecified atom stereocenters. The minimum Gasteiger partial charge on any atom is -0.466 e. The summed E-state index contributed by atoms with van der Waals surface area (Å²) in [5.41, 5.74) is 0. The monoisotopic (exact) mass is 146 g/mol. The van der Waals surface area contributed by atoms with Crippen molar-refractivity contribution in [3.8, 4) is 0 Å². The van der Waals surface area contributed by atoms with E-state index in [2.05, 4.69) is 4.74 Å². The van der Waals surface area contributed by atoms with Gasteiger partial charge in [0.1, 0.15) is 6.17 Å². The first-order valence-electron chi connectivity index (χ1n) is 3.56. The van der Waals surface area contributed by atoms with Crippen molar-refractivity contribution in [1.82, 2.24) is 0 Å². The maximum absolute atomic E-state index is 12.5. The fraction of sp³-hybridized carbons (Fsp3) is 0.857. The molecule has 0 spiro atoms. The summed E-state index contributed by atoms with van der Waals surface area (Å²) in [4.78, 5) is 10.8. The van der Waals surface area contributed by atoms with Crippen molar-refractivity contribution in [2.45, 2.75) is 25.9 Å². The van der Waals surface area contributed by atoms with Gasteiger partial charge in [0.05, 0.1) is 12.5 Å². The molecule has 1 saturated carbocycles. The Morgan fingerprint density at radius 1 is 1.70 bits per heavy atom. The molecule has 58 valence electrons. The van der Waals surface area contributed by atoms with E-state index < -0.39 is 12.1 Å². The van der Waals surface area contributed by atoms with Crippen molar-refractivity contribution >= 4 is 5.97 Å². The molecule has 0 aromatic rings. The molecule has 1 fully saturated rings. The number of ether oxygens (including phenoxy) is 1. The molecule has 2 atom stereocenters. The van der Waals surface area contributed by atoms with E-state index in [0.29, 0.717) is 19.4 Å². The molecule has 0 radical (unpaired) electrons. The molecular weight excluding hydrogens is 135 g/mol. The summed E-state index contributed by atoms with van der Waals surface area (Å²) in [7, 11) is 0. The zero-order valence-electron chi connectivity index (χ0n) is 5.97. The third kappa shape index (κ3) is 1.28. The first-order valence-corrected chi connectivity index (χ1v) is 3.56. The smallest absolute Gasteiger partial charge is 0.311 e. The van der Waals surface area contributed by atoms with Crippen LogP contribution in [0.15, 0.2) is 0 Å². The number of rotatable bonds is 2. The van der Waals surface area contributed by atoms with Crippen LogP contribution < -0.4 is 0 Å². The number of alkyl halides is 1. The topological polar surface area (TPSA) is 26.3 Å². The van der Waals surface area contributed by atoms with E-state index in [0.717, 1.165) is 0 Å². The first kappa shape index (κ1) is 7.51. The predicted molar refractivity (Wildman–Crippen MR) is 34.3 cm³/mol. The molecule has 0 amide bonds. The molecule has 10 heavy (non-hydrogen) atoms.